The van der Waals surface area contributed by atoms with Crippen molar-refractivity contribution < 1.29 is 33.9 Å². The molecule has 0 spiro atoms. The Morgan fingerprint density at radius 2 is 1.83 bits per heavy atom. The molecule has 2 amide bonds. The average Bonchev–Trinajstić information content (AvgIpc) is 2.84. The standard InChI is InChI=1S/C14H14N2O7/c17-11-5-6-12(18)16(11)10-4-2-1-3-9(10)8-22-14(21)23-15-7-13(19)20/h1-4,15H,5-8H2,(H,19,20). The number of carbonyl (C=O) groups is 4. The van der Waals surface area contributed by atoms with Gasteiger partial charge in [0.2, 0.25) is 11.8 Å². The molecule has 9 nitrogen and oxygen atoms in total. The normalized spacial score (nSPS) is 14.0. The number of anilines is 1. The van der Waals surface area contributed by atoms with Gasteiger partial charge in [0.25, 0.3) is 0 Å². The van der Waals surface area contributed by atoms with Gasteiger partial charge in [0, 0.05) is 18.4 Å². The highest BCUT2D eigenvalue weighted by Crippen LogP contribution is 2.26. The van der Waals surface area contributed by atoms with Crippen molar-refractivity contribution in [3.63, 3.8) is 0 Å². The molecule has 2 N–H and O–H groups in total. The van der Waals surface area contributed by atoms with E-state index in [2.05, 4.69) is 4.84 Å². The summed E-state index contributed by atoms with van der Waals surface area (Å²) in [7, 11) is 0. The van der Waals surface area contributed by atoms with Gasteiger partial charge < -0.3 is 14.7 Å². The monoisotopic (exact) mass is 322 g/mol. The number of hydrogen-bond acceptors (Lipinski definition) is 7. The second-order valence-corrected chi connectivity index (χ2v) is 4.61. The Morgan fingerprint density at radius 3 is 2.48 bits per heavy atom. The van der Waals surface area contributed by atoms with Gasteiger partial charge in [0.1, 0.15) is 13.2 Å². The Bertz CT molecular complexity index is 628. The Hall–Kier alpha value is -2.94. The van der Waals surface area contributed by atoms with Crippen LogP contribution < -0.4 is 10.4 Å². The zero-order valence-electron chi connectivity index (χ0n) is 12.0. The van der Waals surface area contributed by atoms with E-state index in [1.165, 1.54) is 0 Å². The minimum atomic E-state index is -1.20. The summed E-state index contributed by atoms with van der Waals surface area (Å²) >= 11 is 0. The van der Waals surface area contributed by atoms with E-state index in [0.717, 1.165) is 4.90 Å². The summed E-state index contributed by atoms with van der Waals surface area (Å²) in [5.41, 5.74) is 2.72. The molecule has 1 heterocycles. The first-order valence-electron chi connectivity index (χ1n) is 6.71. The minimum Gasteiger partial charge on any atom is -0.480 e. The summed E-state index contributed by atoms with van der Waals surface area (Å²) in [6.45, 7) is -0.802. The van der Waals surface area contributed by atoms with E-state index in [9.17, 15) is 19.2 Å². The number of carboxylic acid groups (broad SMARTS) is 1. The molecule has 0 atom stereocenters. The number of carbonyl (C=O) groups excluding carboxylic acids is 3. The summed E-state index contributed by atoms with van der Waals surface area (Å²) in [6, 6.07) is 6.51. The van der Waals surface area contributed by atoms with Crippen LogP contribution in [-0.4, -0.2) is 35.6 Å². The van der Waals surface area contributed by atoms with Crippen molar-refractivity contribution in [2.45, 2.75) is 19.4 Å². The van der Waals surface area contributed by atoms with Gasteiger partial charge in [-0.25, -0.2) is 4.79 Å². The molecule has 0 aliphatic carbocycles. The van der Waals surface area contributed by atoms with Crippen LogP contribution in [0.5, 0.6) is 0 Å². The fraction of sp³-hybridized carbons (Fsp3) is 0.286. The molecule has 0 bridgehead atoms. The molecule has 0 saturated carbocycles. The first-order valence-corrected chi connectivity index (χ1v) is 6.71. The quantitative estimate of drug-likeness (QED) is 0.443. The Labute approximate surface area is 130 Å². The van der Waals surface area contributed by atoms with Gasteiger partial charge in [-0.3, -0.25) is 19.3 Å². The van der Waals surface area contributed by atoms with Crippen molar-refractivity contribution in [3.05, 3.63) is 29.8 Å². The highest BCUT2D eigenvalue weighted by molar-refractivity contribution is 6.20. The number of amides is 2. The second-order valence-electron chi connectivity index (χ2n) is 4.61. The molecule has 2 rings (SSSR count). The Morgan fingerprint density at radius 1 is 1.17 bits per heavy atom. The predicted molar refractivity (Wildman–Crippen MR) is 75.1 cm³/mol. The molecule has 0 unspecified atom stereocenters. The minimum absolute atomic E-state index is 0.148. The van der Waals surface area contributed by atoms with Crippen LogP contribution in [0.2, 0.25) is 0 Å². The van der Waals surface area contributed by atoms with Gasteiger partial charge in [0.05, 0.1) is 5.69 Å². The van der Waals surface area contributed by atoms with Crippen LogP contribution in [0, 0.1) is 0 Å². The second kappa shape index (κ2) is 7.36. The van der Waals surface area contributed by atoms with Crippen molar-refractivity contribution in [1.82, 2.24) is 5.48 Å². The van der Waals surface area contributed by atoms with E-state index in [4.69, 9.17) is 9.84 Å². The number of rotatable bonds is 6. The first kappa shape index (κ1) is 16.4. The molecule has 0 radical (unpaired) electrons. The highest BCUT2D eigenvalue weighted by atomic mass is 16.8. The number of imide groups is 1. The van der Waals surface area contributed by atoms with Crippen LogP contribution in [0.1, 0.15) is 18.4 Å². The van der Waals surface area contributed by atoms with Crippen LogP contribution >= 0.6 is 0 Å². The number of nitrogens with zero attached hydrogens (tertiary/aromatic N) is 1. The lowest BCUT2D eigenvalue weighted by molar-refractivity contribution is -0.138. The lowest BCUT2D eigenvalue weighted by Gasteiger charge is -2.17. The van der Waals surface area contributed by atoms with E-state index in [1.54, 1.807) is 24.3 Å². The molecular weight excluding hydrogens is 308 g/mol. The fourth-order valence-electron chi connectivity index (χ4n) is 2.02. The van der Waals surface area contributed by atoms with Gasteiger partial charge in [-0.05, 0) is 6.07 Å². The third kappa shape index (κ3) is 4.27. The van der Waals surface area contributed by atoms with E-state index >= 15 is 0 Å². The van der Waals surface area contributed by atoms with Gasteiger partial charge in [-0.2, -0.15) is 0 Å². The maximum atomic E-state index is 11.8. The lowest BCUT2D eigenvalue weighted by Crippen LogP contribution is -2.30. The Kier molecular flexibility index (Phi) is 5.26. The zero-order valence-corrected chi connectivity index (χ0v) is 12.0. The first-order chi connectivity index (χ1) is 11.0. The highest BCUT2D eigenvalue weighted by Gasteiger charge is 2.31. The van der Waals surface area contributed by atoms with Gasteiger partial charge in [-0.1, -0.05) is 18.2 Å². The van der Waals surface area contributed by atoms with Crippen LogP contribution in [-0.2, 0) is 30.6 Å². The largest absolute Gasteiger partial charge is 0.528 e. The smallest absolute Gasteiger partial charge is 0.480 e. The van der Waals surface area contributed by atoms with Gasteiger partial charge >= 0.3 is 12.1 Å². The van der Waals surface area contributed by atoms with Crippen LogP contribution in [0.3, 0.4) is 0 Å². The number of aliphatic carboxylic acids is 1. The van der Waals surface area contributed by atoms with E-state index < -0.39 is 18.7 Å². The molecule has 1 saturated heterocycles. The number of para-hydroxylation sites is 1. The summed E-state index contributed by atoms with van der Waals surface area (Å²) in [5.74, 6) is -1.82. The summed E-state index contributed by atoms with van der Waals surface area (Å²) in [4.78, 5) is 50.5. The average molecular weight is 322 g/mol. The van der Waals surface area contributed by atoms with Crippen molar-refractivity contribution >= 4 is 29.6 Å². The molecular formula is C14H14N2O7. The number of hydroxylamine groups is 1. The van der Waals surface area contributed by atoms with Crippen LogP contribution in [0.15, 0.2) is 24.3 Å². The van der Waals surface area contributed by atoms with E-state index in [-0.39, 0.29) is 31.3 Å². The van der Waals surface area contributed by atoms with Gasteiger partial charge in [0.15, 0.2) is 0 Å². The molecule has 1 aromatic rings. The topological polar surface area (TPSA) is 122 Å². The van der Waals surface area contributed by atoms with Crippen molar-refractivity contribution in [1.29, 1.82) is 0 Å². The molecule has 23 heavy (non-hydrogen) atoms. The number of ether oxygens (including phenoxy) is 1. The number of hydrogen-bond donors (Lipinski definition) is 2. The van der Waals surface area contributed by atoms with Crippen molar-refractivity contribution in [2.75, 3.05) is 11.4 Å². The molecule has 1 fully saturated rings. The summed E-state index contributed by atoms with van der Waals surface area (Å²) in [5, 5.41) is 8.38. The molecule has 1 aliphatic rings. The maximum Gasteiger partial charge on any atom is 0.528 e. The molecule has 1 aromatic carbocycles. The Balaban J connectivity index is 1.98. The SMILES string of the molecule is O=C(O)CNOC(=O)OCc1ccccc1N1C(=O)CCC1=O. The third-order valence-corrected chi connectivity index (χ3v) is 3.01. The van der Waals surface area contributed by atoms with E-state index in [0.29, 0.717) is 11.3 Å². The number of benzene rings is 1. The van der Waals surface area contributed by atoms with Crippen LogP contribution in [0.25, 0.3) is 0 Å². The summed E-state index contributed by atoms with van der Waals surface area (Å²) < 4.78 is 4.81. The maximum absolute atomic E-state index is 11.8. The lowest BCUT2D eigenvalue weighted by atomic mass is 10.1. The van der Waals surface area contributed by atoms with Crippen molar-refractivity contribution in [2.24, 2.45) is 0 Å². The third-order valence-electron chi connectivity index (χ3n) is 3.01. The predicted octanol–water partition coefficient (Wildman–Crippen LogP) is 0.582. The van der Waals surface area contributed by atoms with E-state index in [1.807, 2.05) is 5.48 Å². The summed E-state index contributed by atoms with van der Waals surface area (Å²) in [6.07, 6.45) is -0.829. The van der Waals surface area contributed by atoms with Crippen molar-refractivity contribution in [3.8, 4) is 0 Å². The molecule has 0 aromatic heterocycles. The molecule has 122 valence electrons. The number of nitrogens with one attached hydrogen (secondary N) is 1. The fourth-order valence-corrected chi connectivity index (χ4v) is 2.02. The zero-order chi connectivity index (χ0) is 16.8. The van der Waals surface area contributed by atoms with Gasteiger partial charge in [-0.15, -0.1) is 5.48 Å². The van der Waals surface area contributed by atoms with Crippen LogP contribution in [0.4, 0.5) is 10.5 Å². The molecule has 1 aliphatic heterocycles. The molecule has 9 heteroatoms. The number of carboxylic acids is 1.